The second-order valence-corrected chi connectivity index (χ2v) is 7.68. The van der Waals surface area contributed by atoms with Gasteiger partial charge in [-0.1, -0.05) is 18.2 Å². The van der Waals surface area contributed by atoms with E-state index in [0.717, 1.165) is 47.5 Å². The number of hydrogen-bond donors (Lipinski definition) is 1. The molecule has 1 aliphatic heterocycles. The van der Waals surface area contributed by atoms with Crippen molar-refractivity contribution >= 4 is 43.5 Å². The number of rotatable bonds is 6. The zero-order valence-corrected chi connectivity index (χ0v) is 17.4. The van der Waals surface area contributed by atoms with Crippen molar-refractivity contribution in [3.8, 4) is 5.75 Å². The third kappa shape index (κ3) is 5.54. The molecule has 0 unspecified atom stereocenters. The normalized spacial score (nSPS) is 14.8. The van der Waals surface area contributed by atoms with Crippen LogP contribution in [0.25, 0.3) is 0 Å². The second-order valence-electron chi connectivity index (χ2n) is 5.97. The molecule has 7 heteroatoms. The summed E-state index contributed by atoms with van der Waals surface area (Å²) >= 11 is 6.83. The number of amides is 1. The van der Waals surface area contributed by atoms with Gasteiger partial charge in [0.05, 0.1) is 22.2 Å². The van der Waals surface area contributed by atoms with Gasteiger partial charge in [-0.2, -0.15) is 0 Å². The molecular weight excluding hydrogens is 464 g/mol. The maximum absolute atomic E-state index is 12.1. The van der Waals surface area contributed by atoms with Gasteiger partial charge in [0.1, 0.15) is 5.75 Å². The molecule has 0 radical (unpaired) electrons. The number of ether oxygens (including phenoxy) is 2. The van der Waals surface area contributed by atoms with Gasteiger partial charge in [0.2, 0.25) is 0 Å². The topological polar surface area (TPSA) is 50.8 Å². The fraction of sp³-hybridized carbons (Fsp3) is 0.316. The number of nitrogens with zero attached hydrogens (tertiary/aromatic N) is 1. The SMILES string of the molecule is O=C(COc1c(Br)cccc1Br)Nc1ccc(CN2CCOCC2)cc1. The van der Waals surface area contributed by atoms with Gasteiger partial charge in [-0.15, -0.1) is 0 Å². The van der Waals surface area contributed by atoms with Crippen molar-refractivity contribution in [2.24, 2.45) is 0 Å². The Bertz CT molecular complexity index is 727. The number of hydrogen-bond acceptors (Lipinski definition) is 4. The van der Waals surface area contributed by atoms with Crippen molar-refractivity contribution in [1.29, 1.82) is 0 Å². The highest BCUT2D eigenvalue weighted by molar-refractivity contribution is 9.11. The summed E-state index contributed by atoms with van der Waals surface area (Å²) in [6, 6.07) is 13.5. The minimum absolute atomic E-state index is 0.0588. The van der Waals surface area contributed by atoms with Crippen LogP contribution in [0.2, 0.25) is 0 Å². The lowest BCUT2D eigenvalue weighted by Crippen LogP contribution is -2.35. The Hall–Kier alpha value is -1.41. The summed E-state index contributed by atoms with van der Waals surface area (Å²) in [6.07, 6.45) is 0. The predicted molar refractivity (Wildman–Crippen MR) is 109 cm³/mol. The molecule has 0 bridgehead atoms. The fourth-order valence-corrected chi connectivity index (χ4v) is 3.89. The van der Waals surface area contributed by atoms with Crippen molar-refractivity contribution in [3.05, 3.63) is 57.0 Å². The van der Waals surface area contributed by atoms with E-state index in [4.69, 9.17) is 9.47 Å². The average molecular weight is 484 g/mol. The standard InChI is InChI=1S/C19H20Br2N2O3/c20-16-2-1-3-17(21)19(16)26-13-18(24)22-15-6-4-14(5-7-15)12-23-8-10-25-11-9-23/h1-7H,8-13H2,(H,22,24). The third-order valence-corrected chi connectivity index (χ3v) is 5.26. The molecule has 5 nitrogen and oxygen atoms in total. The molecule has 26 heavy (non-hydrogen) atoms. The number of carbonyl (C=O) groups is 1. The molecule has 0 aliphatic carbocycles. The zero-order chi connectivity index (χ0) is 18.4. The van der Waals surface area contributed by atoms with Crippen LogP contribution in [-0.4, -0.2) is 43.7 Å². The smallest absolute Gasteiger partial charge is 0.262 e. The van der Waals surface area contributed by atoms with Gasteiger partial charge >= 0.3 is 0 Å². The number of benzene rings is 2. The van der Waals surface area contributed by atoms with Crippen LogP contribution in [0.5, 0.6) is 5.75 Å². The Balaban J connectivity index is 1.49. The first-order valence-electron chi connectivity index (χ1n) is 8.37. The van der Waals surface area contributed by atoms with Gasteiger partial charge < -0.3 is 14.8 Å². The number of para-hydroxylation sites is 1. The lowest BCUT2D eigenvalue weighted by Gasteiger charge is -2.26. The summed E-state index contributed by atoms with van der Waals surface area (Å²) in [5.41, 5.74) is 1.98. The highest BCUT2D eigenvalue weighted by Gasteiger charge is 2.11. The minimum atomic E-state index is -0.200. The van der Waals surface area contributed by atoms with Crippen LogP contribution in [0, 0.1) is 0 Å². The van der Waals surface area contributed by atoms with Gasteiger partial charge in [0.25, 0.3) is 5.91 Å². The minimum Gasteiger partial charge on any atom is -0.481 e. The van der Waals surface area contributed by atoms with E-state index in [2.05, 4.69) is 42.1 Å². The Kier molecular flexibility index (Phi) is 7.07. The van der Waals surface area contributed by atoms with Crippen LogP contribution >= 0.6 is 31.9 Å². The largest absolute Gasteiger partial charge is 0.481 e. The van der Waals surface area contributed by atoms with Crippen LogP contribution in [0.3, 0.4) is 0 Å². The Morgan fingerprint density at radius 1 is 1.08 bits per heavy atom. The summed E-state index contributed by atoms with van der Waals surface area (Å²) in [5.74, 6) is 0.414. The van der Waals surface area contributed by atoms with Crippen molar-refractivity contribution in [2.75, 3.05) is 38.2 Å². The summed E-state index contributed by atoms with van der Waals surface area (Å²) in [6.45, 7) is 4.35. The first-order valence-corrected chi connectivity index (χ1v) is 9.96. The lowest BCUT2D eigenvalue weighted by molar-refractivity contribution is -0.118. The molecule has 2 aromatic carbocycles. The maximum Gasteiger partial charge on any atom is 0.262 e. The van der Waals surface area contributed by atoms with E-state index in [1.165, 1.54) is 5.56 Å². The molecule has 0 atom stereocenters. The van der Waals surface area contributed by atoms with Crippen LogP contribution in [-0.2, 0) is 16.1 Å². The number of carbonyl (C=O) groups excluding carboxylic acids is 1. The van der Waals surface area contributed by atoms with Gasteiger partial charge in [0.15, 0.2) is 6.61 Å². The summed E-state index contributed by atoms with van der Waals surface area (Å²) in [7, 11) is 0. The van der Waals surface area contributed by atoms with E-state index in [9.17, 15) is 4.79 Å². The third-order valence-electron chi connectivity index (χ3n) is 4.01. The molecule has 2 aromatic rings. The molecule has 1 saturated heterocycles. The van der Waals surface area contributed by atoms with Gasteiger partial charge in [0, 0.05) is 25.3 Å². The maximum atomic E-state index is 12.1. The number of nitrogens with one attached hydrogen (secondary N) is 1. The van der Waals surface area contributed by atoms with Gasteiger partial charge in [-0.25, -0.2) is 0 Å². The molecule has 1 N–H and O–H groups in total. The molecule has 1 fully saturated rings. The lowest BCUT2D eigenvalue weighted by atomic mass is 10.2. The Labute approximate surface area is 169 Å². The fourth-order valence-electron chi connectivity index (χ4n) is 2.67. The van der Waals surface area contributed by atoms with Crippen molar-refractivity contribution in [2.45, 2.75) is 6.54 Å². The van der Waals surface area contributed by atoms with Crippen LogP contribution < -0.4 is 10.1 Å². The quantitative estimate of drug-likeness (QED) is 0.673. The van der Waals surface area contributed by atoms with Crippen LogP contribution in [0.15, 0.2) is 51.4 Å². The van der Waals surface area contributed by atoms with E-state index in [0.29, 0.717) is 5.75 Å². The van der Waals surface area contributed by atoms with E-state index in [1.54, 1.807) is 0 Å². The van der Waals surface area contributed by atoms with Crippen molar-refractivity contribution in [1.82, 2.24) is 4.90 Å². The Morgan fingerprint density at radius 2 is 1.73 bits per heavy atom. The van der Waals surface area contributed by atoms with Gasteiger partial charge in [-0.3, -0.25) is 9.69 Å². The van der Waals surface area contributed by atoms with Crippen molar-refractivity contribution < 1.29 is 14.3 Å². The Morgan fingerprint density at radius 3 is 2.38 bits per heavy atom. The summed E-state index contributed by atoms with van der Waals surface area (Å²) < 4.78 is 12.6. The van der Waals surface area contributed by atoms with E-state index >= 15 is 0 Å². The summed E-state index contributed by atoms with van der Waals surface area (Å²) in [4.78, 5) is 14.5. The van der Waals surface area contributed by atoms with Crippen molar-refractivity contribution in [3.63, 3.8) is 0 Å². The molecule has 0 spiro atoms. The number of morpholine rings is 1. The van der Waals surface area contributed by atoms with Crippen LogP contribution in [0.4, 0.5) is 5.69 Å². The van der Waals surface area contributed by atoms with E-state index in [-0.39, 0.29) is 12.5 Å². The average Bonchev–Trinajstić information content (AvgIpc) is 2.64. The monoisotopic (exact) mass is 482 g/mol. The summed E-state index contributed by atoms with van der Waals surface area (Å²) in [5, 5.41) is 2.85. The molecule has 1 heterocycles. The number of halogens is 2. The molecule has 1 aliphatic rings. The predicted octanol–water partition coefficient (Wildman–Crippen LogP) is 4.06. The van der Waals surface area contributed by atoms with Gasteiger partial charge in [-0.05, 0) is 61.7 Å². The molecule has 1 amide bonds. The molecule has 138 valence electrons. The van der Waals surface area contributed by atoms with Crippen LogP contribution in [0.1, 0.15) is 5.56 Å². The molecule has 0 aromatic heterocycles. The highest BCUT2D eigenvalue weighted by Crippen LogP contribution is 2.32. The first-order chi connectivity index (χ1) is 12.6. The van der Waals surface area contributed by atoms with E-state index in [1.807, 2.05) is 42.5 Å². The molecule has 3 rings (SSSR count). The zero-order valence-electron chi connectivity index (χ0n) is 14.2. The molecular formula is C19H20Br2N2O3. The number of anilines is 1. The van der Waals surface area contributed by atoms with E-state index < -0.39 is 0 Å². The first kappa shape index (κ1) is 19.4. The molecule has 0 saturated carbocycles. The highest BCUT2D eigenvalue weighted by atomic mass is 79.9. The second kappa shape index (κ2) is 9.50.